The number of alkyl halides is 2. The third-order valence-corrected chi connectivity index (χ3v) is 1.69. The Labute approximate surface area is 75.0 Å². The molecule has 1 aromatic rings. The molecule has 1 aromatic heterocycles. The van der Waals surface area contributed by atoms with E-state index in [4.69, 9.17) is 5.73 Å². The SMILES string of the molecule is Cc1nccnc1C(F)(F)CCN. The zero-order valence-corrected chi connectivity index (χ0v) is 7.30. The number of aromatic nitrogens is 2. The van der Waals surface area contributed by atoms with Gasteiger partial charge in [-0.2, -0.15) is 8.78 Å². The Balaban J connectivity index is 2.99. The topological polar surface area (TPSA) is 51.8 Å². The summed E-state index contributed by atoms with van der Waals surface area (Å²) in [4.78, 5) is 7.34. The Hall–Kier alpha value is -1.10. The van der Waals surface area contributed by atoms with Gasteiger partial charge < -0.3 is 5.73 Å². The minimum atomic E-state index is -2.97. The summed E-state index contributed by atoms with van der Waals surface area (Å²) >= 11 is 0. The molecule has 0 atom stereocenters. The molecule has 0 aliphatic carbocycles. The molecule has 1 rings (SSSR count). The van der Waals surface area contributed by atoms with Gasteiger partial charge in [0.15, 0.2) is 0 Å². The van der Waals surface area contributed by atoms with Crippen LogP contribution in [0.1, 0.15) is 17.8 Å². The second kappa shape index (κ2) is 3.74. The van der Waals surface area contributed by atoms with E-state index < -0.39 is 12.3 Å². The largest absolute Gasteiger partial charge is 0.330 e. The third-order valence-electron chi connectivity index (χ3n) is 1.69. The van der Waals surface area contributed by atoms with Crippen LogP contribution in [0.5, 0.6) is 0 Å². The molecule has 0 radical (unpaired) electrons. The standard InChI is InChI=1S/C8H11F2N3/c1-6-7(13-5-4-12-6)8(9,10)2-3-11/h4-5H,2-3,11H2,1H3. The van der Waals surface area contributed by atoms with Crippen LogP contribution >= 0.6 is 0 Å². The number of halogens is 2. The van der Waals surface area contributed by atoms with E-state index in [2.05, 4.69) is 9.97 Å². The maximum atomic E-state index is 13.2. The summed E-state index contributed by atoms with van der Waals surface area (Å²) in [5, 5.41) is 0. The molecule has 1 heterocycles. The average Bonchev–Trinajstić information content (AvgIpc) is 2.04. The summed E-state index contributed by atoms with van der Waals surface area (Å²) in [7, 11) is 0. The molecule has 3 nitrogen and oxygen atoms in total. The zero-order chi connectivity index (χ0) is 9.90. The molecule has 0 aromatic carbocycles. The normalized spacial score (nSPS) is 11.7. The van der Waals surface area contributed by atoms with E-state index in [1.54, 1.807) is 0 Å². The third kappa shape index (κ3) is 2.18. The Morgan fingerprint density at radius 3 is 2.54 bits per heavy atom. The Morgan fingerprint density at radius 1 is 1.38 bits per heavy atom. The summed E-state index contributed by atoms with van der Waals surface area (Å²) in [6.07, 6.45) is 2.25. The average molecular weight is 187 g/mol. The summed E-state index contributed by atoms with van der Waals surface area (Å²) < 4.78 is 26.5. The fourth-order valence-electron chi connectivity index (χ4n) is 1.07. The van der Waals surface area contributed by atoms with Crippen LogP contribution in [-0.2, 0) is 5.92 Å². The van der Waals surface area contributed by atoms with Crippen LogP contribution in [0.2, 0.25) is 0 Å². The van der Waals surface area contributed by atoms with Crippen molar-refractivity contribution < 1.29 is 8.78 Å². The van der Waals surface area contributed by atoms with Crippen LogP contribution in [0.3, 0.4) is 0 Å². The predicted molar refractivity (Wildman–Crippen MR) is 44.3 cm³/mol. The molecule has 0 aliphatic heterocycles. The highest BCUT2D eigenvalue weighted by atomic mass is 19.3. The lowest BCUT2D eigenvalue weighted by Gasteiger charge is -2.15. The molecular weight excluding hydrogens is 176 g/mol. The molecule has 0 bridgehead atoms. The quantitative estimate of drug-likeness (QED) is 0.774. The highest BCUT2D eigenvalue weighted by Gasteiger charge is 2.34. The Kier molecular flexibility index (Phi) is 2.87. The lowest BCUT2D eigenvalue weighted by atomic mass is 10.1. The number of aryl methyl sites for hydroxylation is 1. The lowest BCUT2D eigenvalue weighted by Crippen LogP contribution is -2.21. The van der Waals surface area contributed by atoms with Crippen molar-refractivity contribution in [1.82, 2.24) is 9.97 Å². The summed E-state index contributed by atoms with van der Waals surface area (Å²) in [6.45, 7) is 1.44. The first-order chi connectivity index (χ1) is 6.08. The van der Waals surface area contributed by atoms with Gasteiger partial charge in [0, 0.05) is 18.8 Å². The molecule has 0 saturated carbocycles. The molecule has 0 saturated heterocycles. The van der Waals surface area contributed by atoms with E-state index in [-0.39, 0.29) is 17.9 Å². The molecule has 0 aliphatic rings. The van der Waals surface area contributed by atoms with E-state index in [1.165, 1.54) is 19.3 Å². The number of rotatable bonds is 3. The van der Waals surface area contributed by atoms with Gasteiger partial charge in [0.1, 0.15) is 5.69 Å². The molecule has 0 amide bonds. The van der Waals surface area contributed by atoms with Crippen molar-refractivity contribution in [3.05, 3.63) is 23.8 Å². The van der Waals surface area contributed by atoms with Crippen LogP contribution < -0.4 is 5.73 Å². The van der Waals surface area contributed by atoms with E-state index in [0.29, 0.717) is 0 Å². The van der Waals surface area contributed by atoms with Crippen molar-refractivity contribution in [1.29, 1.82) is 0 Å². The fraction of sp³-hybridized carbons (Fsp3) is 0.500. The van der Waals surface area contributed by atoms with Gasteiger partial charge in [-0.25, -0.2) is 0 Å². The van der Waals surface area contributed by atoms with Crippen molar-refractivity contribution >= 4 is 0 Å². The monoisotopic (exact) mass is 187 g/mol. The molecule has 0 unspecified atom stereocenters. The highest BCUT2D eigenvalue weighted by molar-refractivity contribution is 5.14. The van der Waals surface area contributed by atoms with Gasteiger partial charge in [-0.3, -0.25) is 9.97 Å². The van der Waals surface area contributed by atoms with Gasteiger partial charge in [0.05, 0.1) is 5.69 Å². The first kappa shape index (κ1) is 9.98. The Morgan fingerprint density at radius 2 is 2.00 bits per heavy atom. The molecule has 13 heavy (non-hydrogen) atoms. The number of hydrogen-bond donors (Lipinski definition) is 1. The molecular formula is C8H11F2N3. The second-order valence-electron chi connectivity index (χ2n) is 2.73. The first-order valence-electron chi connectivity index (χ1n) is 3.94. The molecule has 0 fully saturated rings. The smallest absolute Gasteiger partial charge is 0.292 e. The van der Waals surface area contributed by atoms with E-state index in [1.807, 2.05) is 0 Å². The second-order valence-corrected chi connectivity index (χ2v) is 2.73. The van der Waals surface area contributed by atoms with Crippen LogP contribution in [-0.4, -0.2) is 16.5 Å². The van der Waals surface area contributed by atoms with Crippen molar-refractivity contribution in [2.45, 2.75) is 19.3 Å². The molecule has 0 spiro atoms. The van der Waals surface area contributed by atoms with Crippen LogP contribution in [0.4, 0.5) is 8.78 Å². The highest BCUT2D eigenvalue weighted by Crippen LogP contribution is 2.30. The van der Waals surface area contributed by atoms with Gasteiger partial charge in [-0.15, -0.1) is 0 Å². The summed E-state index contributed by atoms with van der Waals surface area (Å²) in [6, 6.07) is 0. The van der Waals surface area contributed by atoms with Gasteiger partial charge in [-0.05, 0) is 13.5 Å². The van der Waals surface area contributed by atoms with E-state index in [0.717, 1.165) is 0 Å². The summed E-state index contributed by atoms with van der Waals surface area (Å²) in [5.41, 5.74) is 5.05. The van der Waals surface area contributed by atoms with Crippen LogP contribution in [0.25, 0.3) is 0 Å². The van der Waals surface area contributed by atoms with Crippen molar-refractivity contribution in [3.63, 3.8) is 0 Å². The van der Waals surface area contributed by atoms with Crippen LogP contribution in [0, 0.1) is 6.92 Å². The fourth-order valence-corrected chi connectivity index (χ4v) is 1.07. The maximum Gasteiger partial charge on any atom is 0.292 e. The van der Waals surface area contributed by atoms with Gasteiger partial charge in [0.2, 0.25) is 0 Å². The summed E-state index contributed by atoms with van der Waals surface area (Å²) in [5.74, 6) is -2.97. The maximum absolute atomic E-state index is 13.2. The minimum Gasteiger partial charge on any atom is -0.330 e. The first-order valence-corrected chi connectivity index (χ1v) is 3.94. The predicted octanol–water partition coefficient (Wildman–Crippen LogP) is 1.23. The van der Waals surface area contributed by atoms with Gasteiger partial charge in [-0.1, -0.05) is 0 Å². The van der Waals surface area contributed by atoms with E-state index in [9.17, 15) is 8.78 Å². The molecule has 2 N–H and O–H groups in total. The van der Waals surface area contributed by atoms with E-state index >= 15 is 0 Å². The van der Waals surface area contributed by atoms with Crippen molar-refractivity contribution in [2.75, 3.05) is 6.54 Å². The number of hydrogen-bond acceptors (Lipinski definition) is 3. The minimum absolute atomic E-state index is 0.0665. The zero-order valence-electron chi connectivity index (χ0n) is 7.30. The Bertz CT molecular complexity index is 288. The van der Waals surface area contributed by atoms with Gasteiger partial charge >= 0.3 is 0 Å². The van der Waals surface area contributed by atoms with Crippen molar-refractivity contribution in [3.8, 4) is 0 Å². The van der Waals surface area contributed by atoms with Crippen molar-refractivity contribution in [2.24, 2.45) is 5.73 Å². The number of nitrogens with two attached hydrogens (primary N) is 1. The van der Waals surface area contributed by atoms with Gasteiger partial charge in [0.25, 0.3) is 5.92 Å². The number of nitrogens with zero attached hydrogens (tertiary/aromatic N) is 2. The molecule has 72 valence electrons. The lowest BCUT2D eigenvalue weighted by molar-refractivity contribution is -0.0162. The molecule has 5 heteroatoms. The van der Waals surface area contributed by atoms with Crippen LogP contribution in [0.15, 0.2) is 12.4 Å².